The van der Waals surface area contributed by atoms with Crippen LogP contribution in [0, 0.1) is 0 Å². The van der Waals surface area contributed by atoms with Crippen molar-refractivity contribution >= 4 is 34.3 Å². The summed E-state index contributed by atoms with van der Waals surface area (Å²) in [6.07, 6.45) is 0. The fraction of sp³-hybridized carbons (Fsp3) is 0.0714. The van der Waals surface area contributed by atoms with Crippen LogP contribution in [0.1, 0.15) is 5.56 Å². The summed E-state index contributed by atoms with van der Waals surface area (Å²) in [6.45, 7) is 0.566. The highest BCUT2D eigenvalue weighted by atomic mass is 35.5. The lowest BCUT2D eigenvalue weighted by Crippen LogP contribution is -1.95. The maximum absolute atomic E-state index is 5.95. The maximum Gasteiger partial charge on any atom is 0.124 e. The number of benzene rings is 1. The predicted octanol–water partition coefficient (Wildman–Crippen LogP) is 4.65. The Kier molecular flexibility index (Phi) is 3.66. The largest absolute Gasteiger partial charge is 0.326 e. The summed E-state index contributed by atoms with van der Waals surface area (Å²) in [6, 6.07) is 10.1. The molecule has 0 bridgehead atoms. The molecule has 3 rings (SSSR count). The molecule has 2 nitrogen and oxygen atoms in total. The Labute approximate surface area is 124 Å². The number of nitrogens with two attached hydrogens (primary N) is 1. The Hall–Kier alpha value is -1.20. The predicted molar refractivity (Wildman–Crippen MR) is 83.8 cm³/mol. The van der Waals surface area contributed by atoms with Gasteiger partial charge in [0.05, 0.1) is 10.0 Å². The second-order valence-corrected chi connectivity index (χ2v) is 6.48. The Balaban J connectivity index is 1.91. The van der Waals surface area contributed by atoms with Crippen molar-refractivity contribution in [2.75, 3.05) is 0 Å². The van der Waals surface area contributed by atoms with Crippen LogP contribution in [0.3, 0.4) is 0 Å². The number of thiophene rings is 1. The molecule has 96 valence electrons. The summed E-state index contributed by atoms with van der Waals surface area (Å²) in [5.41, 5.74) is 9.90. The van der Waals surface area contributed by atoms with Crippen LogP contribution in [-0.2, 0) is 6.54 Å². The summed E-state index contributed by atoms with van der Waals surface area (Å²) < 4.78 is 0.789. The Morgan fingerprint density at radius 3 is 2.47 bits per heavy atom. The zero-order chi connectivity index (χ0) is 13.2. The van der Waals surface area contributed by atoms with E-state index in [9.17, 15) is 0 Å². The minimum absolute atomic E-state index is 0.566. The first-order valence-corrected chi connectivity index (χ1v) is 7.89. The van der Waals surface area contributed by atoms with Gasteiger partial charge in [-0.3, -0.25) is 0 Å². The third-order valence-electron chi connectivity index (χ3n) is 2.80. The van der Waals surface area contributed by atoms with Crippen LogP contribution in [0.2, 0.25) is 4.34 Å². The highest BCUT2D eigenvalue weighted by Crippen LogP contribution is 2.32. The molecular formula is C14H11ClN2S2. The van der Waals surface area contributed by atoms with Crippen LogP contribution in [0.4, 0.5) is 0 Å². The zero-order valence-corrected chi connectivity index (χ0v) is 12.4. The van der Waals surface area contributed by atoms with Gasteiger partial charge in [0.15, 0.2) is 0 Å². The van der Waals surface area contributed by atoms with E-state index in [2.05, 4.69) is 22.5 Å². The number of rotatable bonds is 3. The van der Waals surface area contributed by atoms with E-state index in [1.807, 2.05) is 23.6 Å². The van der Waals surface area contributed by atoms with Gasteiger partial charge in [0.25, 0.3) is 0 Å². The van der Waals surface area contributed by atoms with Gasteiger partial charge in [-0.25, -0.2) is 4.98 Å². The van der Waals surface area contributed by atoms with Gasteiger partial charge in [-0.05, 0) is 11.6 Å². The monoisotopic (exact) mass is 306 g/mol. The molecule has 0 saturated carbocycles. The molecule has 0 radical (unpaired) electrons. The standard InChI is InChI=1S/C14H11ClN2S2/c15-13-5-11(7-18-13)12-8-19-14(17-12)10-3-1-9(6-16)2-4-10/h1-5,7-8H,6,16H2. The first kappa shape index (κ1) is 12.8. The Morgan fingerprint density at radius 2 is 1.84 bits per heavy atom. The van der Waals surface area contributed by atoms with E-state index in [0.717, 1.165) is 31.7 Å². The molecule has 0 atom stereocenters. The normalized spacial score (nSPS) is 10.8. The van der Waals surface area contributed by atoms with Crippen LogP contribution in [0.25, 0.3) is 21.8 Å². The molecule has 1 aromatic carbocycles. The van der Waals surface area contributed by atoms with Crippen LogP contribution < -0.4 is 5.73 Å². The fourth-order valence-electron chi connectivity index (χ4n) is 1.77. The van der Waals surface area contributed by atoms with E-state index in [1.165, 1.54) is 11.3 Å². The number of aromatic nitrogens is 1. The SMILES string of the molecule is NCc1ccc(-c2nc(-c3csc(Cl)c3)cs2)cc1. The van der Waals surface area contributed by atoms with Crippen molar-refractivity contribution in [1.82, 2.24) is 4.98 Å². The molecule has 0 aliphatic heterocycles. The van der Waals surface area contributed by atoms with Crippen molar-refractivity contribution in [2.24, 2.45) is 5.73 Å². The van der Waals surface area contributed by atoms with Gasteiger partial charge < -0.3 is 5.73 Å². The molecule has 19 heavy (non-hydrogen) atoms. The van der Waals surface area contributed by atoms with Crippen LogP contribution >= 0.6 is 34.3 Å². The smallest absolute Gasteiger partial charge is 0.124 e. The van der Waals surface area contributed by atoms with Gasteiger partial charge in [-0.2, -0.15) is 0 Å². The topological polar surface area (TPSA) is 38.9 Å². The third-order valence-corrected chi connectivity index (χ3v) is 4.79. The number of hydrogen-bond acceptors (Lipinski definition) is 4. The molecule has 2 heterocycles. The molecule has 0 amide bonds. The lowest BCUT2D eigenvalue weighted by molar-refractivity contribution is 1.07. The molecule has 0 saturated heterocycles. The van der Waals surface area contributed by atoms with Crippen LogP contribution in [-0.4, -0.2) is 4.98 Å². The molecule has 0 aliphatic carbocycles. The van der Waals surface area contributed by atoms with Gasteiger partial charge in [0, 0.05) is 28.4 Å². The second-order valence-electron chi connectivity index (χ2n) is 4.08. The van der Waals surface area contributed by atoms with Gasteiger partial charge in [-0.15, -0.1) is 22.7 Å². The van der Waals surface area contributed by atoms with Crippen molar-refractivity contribution in [2.45, 2.75) is 6.54 Å². The summed E-state index contributed by atoms with van der Waals surface area (Å²) >= 11 is 9.11. The first-order valence-electron chi connectivity index (χ1n) is 5.75. The molecule has 5 heteroatoms. The van der Waals surface area contributed by atoms with Crippen LogP contribution in [0.15, 0.2) is 41.1 Å². The van der Waals surface area contributed by atoms with E-state index in [4.69, 9.17) is 17.3 Å². The van der Waals surface area contributed by atoms with Gasteiger partial charge >= 0.3 is 0 Å². The van der Waals surface area contributed by atoms with Crippen molar-refractivity contribution < 1.29 is 0 Å². The Bertz CT molecular complexity index is 686. The molecule has 0 spiro atoms. The third kappa shape index (κ3) is 2.72. The van der Waals surface area contributed by atoms with Crippen molar-refractivity contribution in [3.05, 3.63) is 51.0 Å². The molecule has 0 fully saturated rings. The number of thiazole rings is 1. The summed E-state index contributed by atoms with van der Waals surface area (Å²) in [5, 5.41) is 5.10. The molecule has 0 aliphatic rings. The second kappa shape index (κ2) is 5.43. The van der Waals surface area contributed by atoms with Gasteiger partial charge in [0.1, 0.15) is 5.01 Å². The average molecular weight is 307 g/mol. The van der Waals surface area contributed by atoms with E-state index < -0.39 is 0 Å². The molecular weight excluding hydrogens is 296 g/mol. The highest BCUT2D eigenvalue weighted by molar-refractivity contribution is 7.15. The first-order chi connectivity index (χ1) is 9.26. The quantitative estimate of drug-likeness (QED) is 0.765. The number of halogens is 1. The van der Waals surface area contributed by atoms with E-state index in [-0.39, 0.29) is 0 Å². The van der Waals surface area contributed by atoms with E-state index >= 15 is 0 Å². The lowest BCUT2D eigenvalue weighted by atomic mass is 10.1. The van der Waals surface area contributed by atoms with Gasteiger partial charge in [0.2, 0.25) is 0 Å². The summed E-state index contributed by atoms with van der Waals surface area (Å²) in [5.74, 6) is 0. The van der Waals surface area contributed by atoms with Crippen molar-refractivity contribution in [3.63, 3.8) is 0 Å². The van der Waals surface area contributed by atoms with Crippen LogP contribution in [0.5, 0.6) is 0 Å². The zero-order valence-electron chi connectivity index (χ0n) is 9.97. The lowest BCUT2D eigenvalue weighted by Gasteiger charge is -1.98. The molecule has 0 unspecified atom stereocenters. The van der Waals surface area contributed by atoms with E-state index in [1.54, 1.807) is 11.3 Å². The minimum Gasteiger partial charge on any atom is -0.326 e. The van der Waals surface area contributed by atoms with Crippen molar-refractivity contribution in [1.29, 1.82) is 0 Å². The summed E-state index contributed by atoms with van der Waals surface area (Å²) in [4.78, 5) is 4.65. The Morgan fingerprint density at radius 1 is 1.05 bits per heavy atom. The number of hydrogen-bond donors (Lipinski definition) is 1. The molecule has 2 N–H and O–H groups in total. The highest BCUT2D eigenvalue weighted by Gasteiger charge is 2.08. The summed E-state index contributed by atoms with van der Waals surface area (Å²) in [7, 11) is 0. The molecule has 3 aromatic rings. The van der Waals surface area contributed by atoms with Gasteiger partial charge in [-0.1, -0.05) is 35.9 Å². The number of nitrogens with zero attached hydrogens (tertiary/aromatic N) is 1. The van der Waals surface area contributed by atoms with E-state index in [0.29, 0.717) is 6.54 Å². The minimum atomic E-state index is 0.566. The fourth-order valence-corrected chi connectivity index (χ4v) is 3.48. The average Bonchev–Trinajstić information content (AvgIpc) is 3.07. The van der Waals surface area contributed by atoms with Crippen molar-refractivity contribution in [3.8, 4) is 21.8 Å². The maximum atomic E-state index is 5.95. The molecule has 2 aromatic heterocycles.